The highest BCUT2D eigenvalue weighted by Gasteiger charge is 2.20. The van der Waals surface area contributed by atoms with Gasteiger partial charge in [-0.1, -0.05) is 30.3 Å². The Labute approximate surface area is 122 Å². The Morgan fingerprint density at radius 2 is 1.95 bits per heavy atom. The molecule has 1 aliphatic rings. The maximum Gasteiger partial charge on any atom is 0.375 e. The van der Waals surface area contributed by atoms with Crippen LogP contribution >= 0.6 is 0 Å². The van der Waals surface area contributed by atoms with Crippen LogP contribution in [0.4, 0.5) is 0 Å². The minimum atomic E-state index is -1.15. The summed E-state index contributed by atoms with van der Waals surface area (Å²) in [6.07, 6.45) is 1.83. The molecular weight excluding hydrogens is 270 g/mol. The summed E-state index contributed by atoms with van der Waals surface area (Å²) in [6, 6.07) is 9.20. The molecule has 1 aromatic rings. The third-order valence-electron chi connectivity index (χ3n) is 2.87. The maximum absolute atomic E-state index is 11.5. The van der Waals surface area contributed by atoms with Gasteiger partial charge in [-0.15, -0.1) is 5.10 Å². The molecule has 0 aliphatic carbocycles. The van der Waals surface area contributed by atoms with Crippen molar-refractivity contribution in [3.63, 3.8) is 0 Å². The first-order valence-electron chi connectivity index (χ1n) is 6.45. The number of rotatable bonds is 4. The van der Waals surface area contributed by atoms with Gasteiger partial charge in [0.05, 0.1) is 5.71 Å². The second kappa shape index (κ2) is 6.13. The molecule has 21 heavy (non-hydrogen) atoms. The number of hydrazone groups is 1. The van der Waals surface area contributed by atoms with Crippen LogP contribution in [-0.4, -0.2) is 22.1 Å². The SMILES string of the molecule is CC1=CC(C)=NN(OC(C(=O)O)=C(C)c2ccccc2)N1. The minimum Gasteiger partial charge on any atom is -0.475 e. The number of hydrazine groups is 1. The van der Waals surface area contributed by atoms with E-state index >= 15 is 0 Å². The van der Waals surface area contributed by atoms with E-state index in [4.69, 9.17) is 4.84 Å². The zero-order valence-corrected chi connectivity index (χ0v) is 12.1. The first-order valence-corrected chi connectivity index (χ1v) is 6.45. The second-order valence-electron chi connectivity index (χ2n) is 4.67. The number of nitrogens with zero attached hydrogens (tertiary/aromatic N) is 2. The van der Waals surface area contributed by atoms with E-state index in [9.17, 15) is 9.90 Å². The van der Waals surface area contributed by atoms with E-state index < -0.39 is 5.97 Å². The van der Waals surface area contributed by atoms with Crippen LogP contribution in [0.2, 0.25) is 0 Å². The fourth-order valence-electron chi connectivity index (χ4n) is 1.91. The monoisotopic (exact) mass is 287 g/mol. The van der Waals surface area contributed by atoms with E-state index in [-0.39, 0.29) is 5.76 Å². The first-order chi connectivity index (χ1) is 9.97. The van der Waals surface area contributed by atoms with Gasteiger partial charge in [-0.2, -0.15) is 0 Å². The summed E-state index contributed by atoms with van der Waals surface area (Å²) in [5, 5.41) is 14.5. The normalized spacial score (nSPS) is 15.5. The molecule has 1 aromatic carbocycles. The number of hydrogen-bond donors (Lipinski definition) is 2. The van der Waals surface area contributed by atoms with Crippen molar-refractivity contribution in [1.82, 2.24) is 10.7 Å². The fraction of sp³-hybridized carbons (Fsp3) is 0.200. The number of nitrogens with one attached hydrogen (secondary N) is 1. The van der Waals surface area contributed by atoms with Crippen molar-refractivity contribution in [1.29, 1.82) is 0 Å². The molecule has 6 nitrogen and oxygen atoms in total. The van der Waals surface area contributed by atoms with Crippen LogP contribution < -0.4 is 5.43 Å². The van der Waals surface area contributed by atoms with E-state index in [1.54, 1.807) is 13.8 Å². The molecule has 1 heterocycles. The molecule has 0 spiro atoms. The van der Waals surface area contributed by atoms with Crippen molar-refractivity contribution in [2.24, 2.45) is 5.10 Å². The number of carboxylic acid groups (broad SMARTS) is 1. The van der Waals surface area contributed by atoms with Crippen molar-refractivity contribution in [3.05, 3.63) is 53.4 Å². The van der Waals surface area contributed by atoms with E-state index in [0.29, 0.717) is 11.3 Å². The topological polar surface area (TPSA) is 74.2 Å². The number of allylic oxidation sites excluding steroid dienone is 3. The molecule has 6 heteroatoms. The lowest BCUT2D eigenvalue weighted by Gasteiger charge is -2.24. The molecule has 1 aliphatic heterocycles. The Hall–Kier alpha value is -2.76. The number of hydrogen-bond acceptors (Lipinski definition) is 5. The molecule has 0 radical (unpaired) electrons. The molecule has 0 saturated heterocycles. The molecular formula is C15H17N3O3. The fourth-order valence-corrected chi connectivity index (χ4v) is 1.91. The Balaban J connectivity index is 2.29. The van der Waals surface area contributed by atoms with Crippen molar-refractivity contribution in [2.75, 3.05) is 0 Å². The molecule has 0 bridgehead atoms. The summed E-state index contributed by atoms with van der Waals surface area (Å²) in [7, 11) is 0. The summed E-state index contributed by atoms with van der Waals surface area (Å²) >= 11 is 0. The highest BCUT2D eigenvalue weighted by Crippen LogP contribution is 2.20. The average molecular weight is 287 g/mol. The Bertz CT molecular complexity index is 633. The van der Waals surface area contributed by atoms with Crippen LogP contribution in [-0.2, 0) is 9.63 Å². The molecule has 0 aromatic heterocycles. The summed E-state index contributed by atoms with van der Waals surface area (Å²) in [5.41, 5.74) is 5.65. The van der Waals surface area contributed by atoms with Crippen LogP contribution in [0.15, 0.2) is 53.0 Å². The van der Waals surface area contributed by atoms with Gasteiger partial charge in [0.15, 0.2) is 0 Å². The van der Waals surface area contributed by atoms with Gasteiger partial charge in [0.1, 0.15) is 0 Å². The second-order valence-corrected chi connectivity index (χ2v) is 4.67. The van der Waals surface area contributed by atoms with Crippen molar-refractivity contribution in [2.45, 2.75) is 20.8 Å². The van der Waals surface area contributed by atoms with E-state index in [1.807, 2.05) is 43.3 Å². The molecule has 0 amide bonds. The quantitative estimate of drug-likeness (QED) is 0.657. The minimum absolute atomic E-state index is 0.181. The highest BCUT2D eigenvalue weighted by molar-refractivity contribution is 5.94. The predicted octanol–water partition coefficient (Wildman–Crippen LogP) is 2.53. The molecule has 2 N–H and O–H groups in total. The molecule has 0 atom stereocenters. The van der Waals surface area contributed by atoms with Crippen LogP contribution in [0.1, 0.15) is 26.3 Å². The van der Waals surface area contributed by atoms with Gasteiger partial charge in [0.2, 0.25) is 5.76 Å². The van der Waals surface area contributed by atoms with Crippen molar-refractivity contribution in [3.8, 4) is 0 Å². The van der Waals surface area contributed by atoms with Gasteiger partial charge in [-0.3, -0.25) is 5.43 Å². The van der Waals surface area contributed by atoms with Gasteiger partial charge in [0.25, 0.3) is 0 Å². The largest absolute Gasteiger partial charge is 0.475 e. The number of carboxylic acids is 1. The van der Waals surface area contributed by atoms with Crippen molar-refractivity contribution >= 4 is 17.3 Å². The van der Waals surface area contributed by atoms with Gasteiger partial charge in [-0.05, 0) is 37.7 Å². The van der Waals surface area contributed by atoms with Crippen LogP contribution in [0.25, 0.3) is 5.57 Å². The lowest BCUT2D eigenvalue weighted by Crippen LogP contribution is -2.36. The number of benzene rings is 1. The zero-order valence-electron chi connectivity index (χ0n) is 12.1. The molecule has 0 saturated carbocycles. The lowest BCUT2D eigenvalue weighted by atomic mass is 10.1. The Morgan fingerprint density at radius 3 is 2.52 bits per heavy atom. The summed E-state index contributed by atoms with van der Waals surface area (Å²) in [4.78, 5) is 16.8. The van der Waals surface area contributed by atoms with Gasteiger partial charge in [-0.25, -0.2) is 4.79 Å². The number of aliphatic carboxylic acids is 1. The van der Waals surface area contributed by atoms with Crippen molar-refractivity contribution < 1.29 is 14.7 Å². The number of carbonyl (C=O) groups is 1. The lowest BCUT2D eigenvalue weighted by molar-refractivity contribution is -0.172. The first kappa shape index (κ1) is 14.6. The van der Waals surface area contributed by atoms with Gasteiger partial charge in [0, 0.05) is 11.3 Å². The van der Waals surface area contributed by atoms with Crippen LogP contribution in [0.5, 0.6) is 0 Å². The average Bonchev–Trinajstić information content (AvgIpc) is 2.43. The summed E-state index contributed by atoms with van der Waals surface area (Å²) < 4.78 is 0. The highest BCUT2D eigenvalue weighted by atomic mass is 16.7. The Kier molecular flexibility index (Phi) is 4.27. The van der Waals surface area contributed by atoms with Crippen LogP contribution in [0, 0.1) is 0 Å². The van der Waals surface area contributed by atoms with E-state index in [0.717, 1.165) is 16.5 Å². The van der Waals surface area contributed by atoms with Gasteiger partial charge >= 0.3 is 5.97 Å². The Morgan fingerprint density at radius 1 is 1.29 bits per heavy atom. The molecule has 0 fully saturated rings. The van der Waals surface area contributed by atoms with Gasteiger partial charge < -0.3 is 9.94 Å². The van der Waals surface area contributed by atoms with E-state index in [2.05, 4.69) is 10.5 Å². The summed E-state index contributed by atoms with van der Waals surface area (Å²) in [6.45, 7) is 5.33. The third kappa shape index (κ3) is 3.62. The molecule has 2 rings (SSSR count). The van der Waals surface area contributed by atoms with E-state index in [1.165, 1.54) is 0 Å². The third-order valence-corrected chi connectivity index (χ3v) is 2.87. The maximum atomic E-state index is 11.5. The summed E-state index contributed by atoms with van der Waals surface area (Å²) in [5.74, 6) is -1.34. The molecule has 0 unspecified atom stereocenters. The van der Waals surface area contributed by atoms with Crippen LogP contribution in [0.3, 0.4) is 0 Å². The zero-order chi connectivity index (χ0) is 15.4. The predicted molar refractivity (Wildman–Crippen MR) is 79.6 cm³/mol. The smallest absolute Gasteiger partial charge is 0.375 e. The molecule has 110 valence electrons. The standard InChI is InChI=1S/C15H17N3O3/c1-10-9-11(2)17-18(16-10)21-14(15(19)20)12(3)13-7-5-4-6-8-13/h4-9,16H,1-3H3,(H,19,20).